The Labute approximate surface area is 111 Å². The Morgan fingerprint density at radius 1 is 1.38 bits per heavy atom. The van der Waals surface area contributed by atoms with Crippen molar-refractivity contribution in [1.82, 2.24) is 0 Å². The van der Waals surface area contributed by atoms with Gasteiger partial charge in [-0.1, -0.05) is 18.2 Å². The summed E-state index contributed by atoms with van der Waals surface area (Å²) >= 11 is 2.39. The van der Waals surface area contributed by atoms with Crippen LogP contribution in [0.4, 0.5) is 5.69 Å². The highest BCUT2D eigenvalue weighted by atomic mass is 127. The highest BCUT2D eigenvalue weighted by Gasteiger charge is 2.09. The average Bonchev–Trinajstić information content (AvgIpc) is 2.32. The first kappa shape index (κ1) is 12.0. The fourth-order valence-corrected chi connectivity index (χ4v) is 2.52. The van der Waals surface area contributed by atoms with Crippen molar-refractivity contribution in [3.8, 4) is 0 Å². The molecule has 1 N–H and O–H groups in total. The van der Waals surface area contributed by atoms with Crippen LogP contribution in [0.2, 0.25) is 0 Å². The third-order valence-electron chi connectivity index (χ3n) is 3.14. The van der Waals surface area contributed by atoms with Gasteiger partial charge in [-0.05, 0) is 72.4 Å². The number of hydrogen-bond donors (Lipinski definition) is 1. The van der Waals surface area contributed by atoms with Crippen molar-refractivity contribution in [2.45, 2.75) is 26.2 Å². The SMILES string of the molecule is Cc1ccc(NCC2CC=CCC2)cc1I. The topological polar surface area (TPSA) is 12.0 Å². The number of rotatable bonds is 3. The molecule has 1 atom stereocenters. The molecule has 0 amide bonds. The van der Waals surface area contributed by atoms with Crippen LogP contribution in [0.5, 0.6) is 0 Å². The van der Waals surface area contributed by atoms with Gasteiger partial charge in [-0.25, -0.2) is 0 Å². The van der Waals surface area contributed by atoms with Gasteiger partial charge in [0.25, 0.3) is 0 Å². The van der Waals surface area contributed by atoms with Crippen molar-refractivity contribution in [1.29, 1.82) is 0 Å². The van der Waals surface area contributed by atoms with E-state index in [-0.39, 0.29) is 0 Å². The van der Waals surface area contributed by atoms with Crippen LogP contribution in [0.3, 0.4) is 0 Å². The molecule has 0 fully saturated rings. The molecule has 2 heteroatoms. The summed E-state index contributed by atoms with van der Waals surface area (Å²) in [6.45, 7) is 3.25. The molecule has 1 aliphatic carbocycles. The van der Waals surface area contributed by atoms with Gasteiger partial charge in [0.2, 0.25) is 0 Å². The van der Waals surface area contributed by atoms with E-state index in [4.69, 9.17) is 0 Å². The minimum atomic E-state index is 0.809. The van der Waals surface area contributed by atoms with E-state index < -0.39 is 0 Å². The summed E-state index contributed by atoms with van der Waals surface area (Å²) < 4.78 is 1.34. The standard InChI is InChI=1S/C14H18IN/c1-11-7-8-13(9-14(11)15)16-10-12-5-3-2-4-6-12/h2-3,7-9,12,16H,4-6,10H2,1H3. The van der Waals surface area contributed by atoms with Crippen molar-refractivity contribution in [3.63, 3.8) is 0 Å². The predicted octanol–water partition coefficient (Wildman–Crippen LogP) is 4.37. The van der Waals surface area contributed by atoms with Crippen molar-refractivity contribution in [2.75, 3.05) is 11.9 Å². The Morgan fingerprint density at radius 2 is 2.25 bits per heavy atom. The van der Waals surface area contributed by atoms with E-state index in [9.17, 15) is 0 Å². The van der Waals surface area contributed by atoms with E-state index >= 15 is 0 Å². The van der Waals surface area contributed by atoms with E-state index in [0.29, 0.717) is 0 Å². The van der Waals surface area contributed by atoms with Crippen LogP contribution in [0.25, 0.3) is 0 Å². The fourth-order valence-electron chi connectivity index (χ4n) is 2.01. The number of nitrogens with one attached hydrogen (secondary N) is 1. The first-order valence-electron chi connectivity index (χ1n) is 5.91. The number of halogens is 1. The summed E-state index contributed by atoms with van der Waals surface area (Å²) in [5.41, 5.74) is 2.61. The van der Waals surface area contributed by atoms with Gasteiger partial charge in [0.05, 0.1) is 0 Å². The number of anilines is 1. The molecule has 0 saturated heterocycles. The quantitative estimate of drug-likeness (QED) is 0.642. The Hall–Kier alpha value is -0.510. The number of aryl methyl sites for hydroxylation is 1. The average molecular weight is 327 g/mol. The van der Waals surface area contributed by atoms with Crippen LogP contribution < -0.4 is 5.32 Å². The van der Waals surface area contributed by atoms with Crippen molar-refractivity contribution < 1.29 is 0 Å². The first-order chi connectivity index (χ1) is 7.75. The fraction of sp³-hybridized carbons (Fsp3) is 0.429. The van der Waals surface area contributed by atoms with E-state index in [2.05, 4.69) is 65.2 Å². The number of benzene rings is 1. The molecule has 0 aliphatic heterocycles. The van der Waals surface area contributed by atoms with Gasteiger partial charge in [0.1, 0.15) is 0 Å². The van der Waals surface area contributed by atoms with Gasteiger partial charge in [0.15, 0.2) is 0 Å². The molecule has 0 heterocycles. The van der Waals surface area contributed by atoms with Crippen LogP contribution in [0.15, 0.2) is 30.4 Å². The Bertz CT molecular complexity index is 384. The molecule has 1 nitrogen and oxygen atoms in total. The maximum absolute atomic E-state index is 3.54. The lowest BCUT2D eigenvalue weighted by Gasteiger charge is -2.19. The van der Waals surface area contributed by atoms with E-state index in [1.54, 1.807) is 0 Å². The molecular weight excluding hydrogens is 309 g/mol. The summed E-state index contributed by atoms with van der Waals surface area (Å²) in [6.07, 6.45) is 8.42. The highest BCUT2D eigenvalue weighted by molar-refractivity contribution is 14.1. The van der Waals surface area contributed by atoms with Crippen LogP contribution in [-0.2, 0) is 0 Å². The van der Waals surface area contributed by atoms with Crippen molar-refractivity contribution >= 4 is 28.3 Å². The van der Waals surface area contributed by atoms with Gasteiger partial charge in [-0.15, -0.1) is 0 Å². The van der Waals surface area contributed by atoms with Crippen molar-refractivity contribution in [3.05, 3.63) is 39.5 Å². The second-order valence-electron chi connectivity index (χ2n) is 4.50. The molecule has 0 spiro atoms. The second kappa shape index (κ2) is 5.71. The van der Waals surface area contributed by atoms with Gasteiger partial charge in [-0.3, -0.25) is 0 Å². The maximum Gasteiger partial charge on any atom is 0.0351 e. The van der Waals surface area contributed by atoms with Crippen molar-refractivity contribution in [2.24, 2.45) is 5.92 Å². The molecule has 1 aliphatic rings. The molecule has 1 unspecified atom stereocenters. The lowest BCUT2D eigenvalue weighted by molar-refractivity contribution is 0.504. The summed E-state index contributed by atoms with van der Waals surface area (Å²) in [7, 11) is 0. The second-order valence-corrected chi connectivity index (χ2v) is 5.66. The number of hydrogen-bond acceptors (Lipinski definition) is 1. The molecule has 2 rings (SSSR count). The first-order valence-corrected chi connectivity index (χ1v) is 6.98. The minimum absolute atomic E-state index is 0.809. The third-order valence-corrected chi connectivity index (χ3v) is 4.31. The Balaban J connectivity index is 1.89. The lowest BCUT2D eigenvalue weighted by atomic mass is 9.94. The van der Waals surface area contributed by atoms with E-state index in [1.807, 2.05) is 0 Å². The zero-order valence-electron chi connectivity index (χ0n) is 9.67. The zero-order chi connectivity index (χ0) is 11.4. The molecule has 1 aromatic carbocycles. The summed E-state index contributed by atoms with van der Waals surface area (Å²) in [5.74, 6) is 0.809. The van der Waals surface area contributed by atoms with Gasteiger partial charge < -0.3 is 5.32 Å². The maximum atomic E-state index is 3.54. The predicted molar refractivity (Wildman–Crippen MR) is 78.9 cm³/mol. The normalized spacial score (nSPS) is 19.8. The summed E-state index contributed by atoms with van der Waals surface area (Å²) in [5, 5.41) is 3.54. The minimum Gasteiger partial charge on any atom is -0.385 e. The van der Waals surface area contributed by atoms with Gasteiger partial charge in [-0.2, -0.15) is 0 Å². The molecule has 0 aromatic heterocycles. The van der Waals surface area contributed by atoms with Crippen LogP contribution in [0, 0.1) is 16.4 Å². The zero-order valence-corrected chi connectivity index (χ0v) is 11.8. The van der Waals surface area contributed by atoms with E-state index in [1.165, 1.54) is 34.1 Å². The molecule has 86 valence electrons. The van der Waals surface area contributed by atoms with Gasteiger partial charge >= 0.3 is 0 Å². The smallest absolute Gasteiger partial charge is 0.0351 e. The van der Waals surface area contributed by atoms with Gasteiger partial charge in [0, 0.05) is 15.8 Å². The highest BCUT2D eigenvalue weighted by Crippen LogP contribution is 2.21. The Morgan fingerprint density at radius 3 is 2.94 bits per heavy atom. The molecule has 0 bridgehead atoms. The summed E-state index contributed by atoms with van der Waals surface area (Å²) in [6, 6.07) is 6.59. The molecule has 16 heavy (non-hydrogen) atoms. The molecule has 0 saturated carbocycles. The van der Waals surface area contributed by atoms with Crippen LogP contribution in [-0.4, -0.2) is 6.54 Å². The van der Waals surface area contributed by atoms with Crippen LogP contribution >= 0.6 is 22.6 Å². The largest absolute Gasteiger partial charge is 0.385 e. The van der Waals surface area contributed by atoms with Crippen LogP contribution in [0.1, 0.15) is 24.8 Å². The molecular formula is C14H18IN. The Kier molecular flexibility index (Phi) is 4.27. The molecule has 0 radical (unpaired) electrons. The lowest BCUT2D eigenvalue weighted by Crippen LogP contribution is -2.15. The monoisotopic (exact) mass is 327 g/mol. The summed E-state index contributed by atoms with van der Waals surface area (Å²) in [4.78, 5) is 0. The number of allylic oxidation sites excluding steroid dienone is 2. The molecule has 1 aromatic rings. The van der Waals surface area contributed by atoms with E-state index in [0.717, 1.165) is 12.5 Å². The third kappa shape index (κ3) is 3.24.